The normalized spacial score (nSPS) is 10.8. The van der Waals surface area contributed by atoms with Gasteiger partial charge in [-0.1, -0.05) is 30.3 Å². The molecule has 0 bridgehead atoms. The third-order valence-electron chi connectivity index (χ3n) is 4.02. The zero-order chi connectivity index (χ0) is 16.9. The highest BCUT2D eigenvalue weighted by Crippen LogP contribution is 2.17. The Balaban J connectivity index is 1.58. The van der Waals surface area contributed by atoms with E-state index in [4.69, 9.17) is 4.74 Å². The predicted molar refractivity (Wildman–Crippen MR) is 93.9 cm³/mol. The fourth-order valence-corrected chi connectivity index (χ4v) is 2.70. The minimum atomic E-state index is -0.00258. The summed E-state index contributed by atoms with van der Waals surface area (Å²) < 4.78 is 7.17. The van der Waals surface area contributed by atoms with Gasteiger partial charge in [0.15, 0.2) is 0 Å². The van der Waals surface area contributed by atoms with Crippen molar-refractivity contribution in [3.05, 3.63) is 59.8 Å². The minimum absolute atomic E-state index is 0.00258. The summed E-state index contributed by atoms with van der Waals surface area (Å²) in [6, 6.07) is 13.9. The number of carbonyl (C=O) groups excluding carboxylic acids is 1. The summed E-state index contributed by atoms with van der Waals surface area (Å²) in [5.74, 6) is 0.781. The lowest BCUT2D eigenvalue weighted by atomic mass is 10.2. The van der Waals surface area contributed by atoms with Crippen molar-refractivity contribution in [1.29, 1.82) is 0 Å². The first-order chi connectivity index (χ1) is 11.7. The Labute approximate surface area is 141 Å². The number of carbonyl (C=O) groups is 1. The molecule has 2 aromatic carbocycles. The molecule has 5 nitrogen and oxygen atoms in total. The largest absolute Gasteiger partial charge is 0.496 e. The van der Waals surface area contributed by atoms with Crippen LogP contribution in [0.5, 0.6) is 5.75 Å². The van der Waals surface area contributed by atoms with E-state index in [-0.39, 0.29) is 5.91 Å². The summed E-state index contributed by atoms with van der Waals surface area (Å²) in [7, 11) is 1.63. The monoisotopic (exact) mass is 323 g/mol. The van der Waals surface area contributed by atoms with Gasteiger partial charge in [-0.3, -0.25) is 9.48 Å². The number of nitrogens with zero attached hydrogens (tertiary/aromatic N) is 2. The van der Waals surface area contributed by atoms with Crippen molar-refractivity contribution in [2.75, 3.05) is 7.11 Å². The molecule has 0 spiro atoms. The van der Waals surface area contributed by atoms with Crippen LogP contribution in [0.2, 0.25) is 0 Å². The second-order valence-electron chi connectivity index (χ2n) is 5.77. The molecule has 0 radical (unpaired) electrons. The summed E-state index contributed by atoms with van der Waals surface area (Å²) in [5, 5.41) is 8.40. The molecular weight excluding hydrogens is 302 g/mol. The maximum absolute atomic E-state index is 12.1. The summed E-state index contributed by atoms with van der Waals surface area (Å²) in [5.41, 5.74) is 3.21. The SMILES string of the molecule is COc1ccccc1CNC(=O)CCn1ncc2ccc(C)cc21. The van der Waals surface area contributed by atoms with Crippen LogP contribution in [-0.4, -0.2) is 22.8 Å². The highest BCUT2D eigenvalue weighted by atomic mass is 16.5. The molecular formula is C19H21N3O2. The molecule has 0 fully saturated rings. The van der Waals surface area contributed by atoms with Gasteiger partial charge in [-0.05, 0) is 24.6 Å². The third-order valence-corrected chi connectivity index (χ3v) is 4.02. The van der Waals surface area contributed by atoms with Gasteiger partial charge in [0, 0.05) is 23.9 Å². The van der Waals surface area contributed by atoms with Crippen LogP contribution in [0.15, 0.2) is 48.7 Å². The van der Waals surface area contributed by atoms with Gasteiger partial charge < -0.3 is 10.1 Å². The van der Waals surface area contributed by atoms with Crippen molar-refractivity contribution in [2.45, 2.75) is 26.4 Å². The molecule has 0 aliphatic carbocycles. The maximum Gasteiger partial charge on any atom is 0.222 e. The quantitative estimate of drug-likeness (QED) is 0.758. The number of fused-ring (bicyclic) bond motifs is 1. The number of aromatic nitrogens is 2. The van der Waals surface area contributed by atoms with Crippen LogP contribution in [0, 0.1) is 6.92 Å². The molecule has 0 aliphatic rings. The van der Waals surface area contributed by atoms with Crippen LogP contribution in [-0.2, 0) is 17.9 Å². The Morgan fingerprint density at radius 2 is 2.08 bits per heavy atom. The number of hydrogen-bond acceptors (Lipinski definition) is 3. The average molecular weight is 323 g/mol. The van der Waals surface area contributed by atoms with E-state index < -0.39 is 0 Å². The number of benzene rings is 2. The molecule has 5 heteroatoms. The number of aryl methyl sites for hydroxylation is 2. The lowest BCUT2D eigenvalue weighted by Crippen LogP contribution is -2.24. The number of nitrogens with one attached hydrogen (secondary N) is 1. The third kappa shape index (κ3) is 3.56. The molecule has 3 aromatic rings. The van der Waals surface area contributed by atoms with E-state index in [0.717, 1.165) is 22.2 Å². The predicted octanol–water partition coefficient (Wildman–Crippen LogP) is 3.06. The van der Waals surface area contributed by atoms with E-state index in [9.17, 15) is 4.79 Å². The van der Waals surface area contributed by atoms with Crippen molar-refractivity contribution in [3.8, 4) is 5.75 Å². The second kappa shape index (κ2) is 7.17. The van der Waals surface area contributed by atoms with Gasteiger partial charge in [0.05, 0.1) is 25.4 Å². The van der Waals surface area contributed by atoms with Crippen LogP contribution in [0.25, 0.3) is 10.9 Å². The van der Waals surface area contributed by atoms with Crippen molar-refractivity contribution in [3.63, 3.8) is 0 Å². The van der Waals surface area contributed by atoms with Crippen LogP contribution >= 0.6 is 0 Å². The molecule has 0 saturated heterocycles. The van der Waals surface area contributed by atoms with E-state index in [0.29, 0.717) is 19.5 Å². The molecule has 3 rings (SSSR count). The minimum Gasteiger partial charge on any atom is -0.496 e. The zero-order valence-electron chi connectivity index (χ0n) is 14.0. The molecule has 1 N–H and O–H groups in total. The first kappa shape index (κ1) is 16.1. The van der Waals surface area contributed by atoms with Crippen LogP contribution in [0.3, 0.4) is 0 Å². The zero-order valence-corrected chi connectivity index (χ0v) is 14.0. The van der Waals surface area contributed by atoms with Crippen LogP contribution < -0.4 is 10.1 Å². The number of amides is 1. The highest BCUT2D eigenvalue weighted by molar-refractivity contribution is 5.80. The average Bonchev–Trinajstić information content (AvgIpc) is 3.00. The smallest absolute Gasteiger partial charge is 0.222 e. The first-order valence-electron chi connectivity index (χ1n) is 7.98. The fraction of sp³-hybridized carbons (Fsp3) is 0.263. The molecule has 1 amide bonds. The van der Waals surface area contributed by atoms with Gasteiger partial charge in [-0.2, -0.15) is 5.10 Å². The van der Waals surface area contributed by atoms with Gasteiger partial charge in [0.1, 0.15) is 5.75 Å². The molecule has 1 aromatic heterocycles. The van der Waals surface area contributed by atoms with Gasteiger partial charge >= 0.3 is 0 Å². The Hall–Kier alpha value is -2.82. The van der Waals surface area contributed by atoms with Gasteiger partial charge in [0.25, 0.3) is 0 Å². The number of methoxy groups -OCH3 is 1. The Morgan fingerprint density at radius 3 is 2.92 bits per heavy atom. The molecule has 0 atom stereocenters. The van der Waals surface area contributed by atoms with Crippen molar-refractivity contribution < 1.29 is 9.53 Å². The van der Waals surface area contributed by atoms with Crippen molar-refractivity contribution in [1.82, 2.24) is 15.1 Å². The second-order valence-corrected chi connectivity index (χ2v) is 5.77. The molecule has 0 aliphatic heterocycles. The Morgan fingerprint density at radius 1 is 1.25 bits per heavy atom. The van der Waals surface area contributed by atoms with E-state index >= 15 is 0 Å². The number of rotatable bonds is 6. The Kier molecular flexibility index (Phi) is 4.79. The lowest BCUT2D eigenvalue weighted by Gasteiger charge is -2.10. The molecule has 0 unspecified atom stereocenters. The number of ether oxygens (including phenoxy) is 1. The van der Waals surface area contributed by atoms with E-state index in [1.807, 2.05) is 35.1 Å². The molecule has 0 saturated carbocycles. The van der Waals surface area contributed by atoms with Crippen LogP contribution in [0.1, 0.15) is 17.5 Å². The van der Waals surface area contributed by atoms with E-state index in [1.165, 1.54) is 5.56 Å². The first-order valence-corrected chi connectivity index (χ1v) is 7.98. The maximum atomic E-state index is 12.1. The molecule has 1 heterocycles. The number of hydrogen-bond donors (Lipinski definition) is 1. The van der Waals surface area contributed by atoms with Crippen molar-refractivity contribution in [2.24, 2.45) is 0 Å². The summed E-state index contributed by atoms with van der Waals surface area (Å²) in [6.07, 6.45) is 2.22. The Bertz CT molecular complexity index is 855. The van der Waals surface area contributed by atoms with Gasteiger partial charge in [-0.25, -0.2) is 0 Å². The van der Waals surface area contributed by atoms with E-state index in [1.54, 1.807) is 7.11 Å². The summed E-state index contributed by atoms with van der Waals surface area (Å²) in [4.78, 5) is 12.1. The van der Waals surface area contributed by atoms with Crippen LogP contribution in [0.4, 0.5) is 0 Å². The summed E-state index contributed by atoms with van der Waals surface area (Å²) in [6.45, 7) is 3.07. The summed E-state index contributed by atoms with van der Waals surface area (Å²) >= 11 is 0. The highest BCUT2D eigenvalue weighted by Gasteiger charge is 2.08. The molecule has 24 heavy (non-hydrogen) atoms. The standard InChI is InChI=1S/C19H21N3O2/c1-14-7-8-15-13-21-22(17(15)11-14)10-9-19(23)20-12-16-5-3-4-6-18(16)24-2/h3-8,11,13H,9-10,12H2,1-2H3,(H,20,23). The number of para-hydroxylation sites is 1. The molecule has 124 valence electrons. The van der Waals surface area contributed by atoms with Gasteiger partial charge in [-0.15, -0.1) is 0 Å². The van der Waals surface area contributed by atoms with E-state index in [2.05, 4.69) is 35.5 Å². The fourth-order valence-electron chi connectivity index (χ4n) is 2.70. The lowest BCUT2D eigenvalue weighted by molar-refractivity contribution is -0.121. The topological polar surface area (TPSA) is 56.1 Å². The van der Waals surface area contributed by atoms with Gasteiger partial charge in [0.2, 0.25) is 5.91 Å². The van der Waals surface area contributed by atoms with Crippen molar-refractivity contribution >= 4 is 16.8 Å².